The molecule has 0 aliphatic carbocycles. The Kier molecular flexibility index (Phi) is 5.81. The summed E-state index contributed by atoms with van der Waals surface area (Å²) in [6, 6.07) is 3.35. The predicted octanol–water partition coefficient (Wildman–Crippen LogP) is 3.08. The van der Waals surface area contributed by atoms with Gasteiger partial charge in [-0.15, -0.1) is 10.2 Å². The lowest BCUT2D eigenvalue weighted by atomic mass is 10.3. The molecule has 0 bridgehead atoms. The number of carbonyl (C=O) groups excluding carboxylic acids is 1. The third-order valence-corrected chi connectivity index (χ3v) is 5.54. The van der Waals surface area contributed by atoms with Gasteiger partial charge in [-0.3, -0.25) is 4.79 Å². The summed E-state index contributed by atoms with van der Waals surface area (Å²) < 4.78 is 1.71. The number of hydrogen-bond acceptors (Lipinski definition) is 7. The second-order valence-corrected chi connectivity index (χ2v) is 7.41. The number of primary amides is 1. The van der Waals surface area contributed by atoms with Gasteiger partial charge in [0, 0.05) is 11.9 Å². The van der Waals surface area contributed by atoms with Crippen LogP contribution in [0.25, 0.3) is 0 Å². The maximum absolute atomic E-state index is 11.3. The van der Waals surface area contributed by atoms with E-state index in [-0.39, 0.29) is 0 Å². The van der Waals surface area contributed by atoms with E-state index in [0.29, 0.717) is 10.6 Å². The fourth-order valence-electron chi connectivity index (χ4n) is 1.34. The van der Waals surface area contributed by atoms with Crippen LogP contribution in [0.3, 0.4) is 0 Å². The molecular formula is C12H14N4OS3. The zero-order valence-corrected chi connectivity index (χ0v) is 13.4. The summed E-state index contributed by atoms with van der Waals surface area (Å²) in [6.45, 7) is 2.16. The molecule has 0 fully saturated rings. The van der Waals surface area contributed by atoms with Crippen molar-refractivity contribution < 1.29 is 4.79 Å². The first-order valence-electron chi connectivity index (χ1n) is 6.09. The molecule has 2 aromatic heterocycles. The van der Waals surface area contributed by atoms with Crippen molar-refractivity contribution in [1.29, 1.82) is 0 Å². The first-order chi connectivity index (χ1) is 9.70. The quantitative estimate of drug-likeness (QED) is 0.622. The van der Waals surface area contributed by atoms with Crippen molar-refractivity contribution in [3.05, 3.63) is 23.9 Å². The molecule has 8 heteroatoms. The fourth-order valence-corrected chi connectivity index (χ4v) is 4.52. The van der Waals surface area contributed by atoms with Gasteiger partial charge in [-0.05, 0) is 30.3 Å². The number of pyridine rings is 1. The van der Waals surface area contributed by atoms with Gasteiger partial charge in [0.25, 0.3) is 5.91 Å². The molecular weight excluding hydrogens is 312 g/mol. The smallest absolute Gasteiger partial charge is 0.251 e. The maximum atomic E-state index is 11.3. The zero-order chi connectivity index (χ0) is 14.4. The Labute approximate surface area is 129 Å². The number of hydrogen-bond donors (Lipinski definition) is 1. The van der Waals surface area contributed by atoms with E-state index in [9.17, 15) is 4.79 Å². The van der Waals surface area contributed by atoms with E-state index in [2.05, 4.69) is 22.1 Å². The van der Waals surface area contributed by atoms with E-state index in [1.165, 1.54) is 35.9 Å². The molecule has 0 unspecified atom stereocenters. The lowest BCUT2D eigenvalue weighted by Gasteiger charge is -2.01. The molecule has 1 amide bonds. The van der Waals surface area contributed by atoms with Crippen molar-refractivity contribution >= 4 is 40.8 Å². The van der Waals surface area contributed by atoms with Crippen molar-refractivity contribution in [2.45, 2.75) is 33.5 Å². The summed E-state index contributed by atoms with van der Waals surface area (Å²) in [5.41, 5.74) is 5.74. The maximum Gasteiger partial charge on any atom is 0.251 e. The predicted molar refractivity (Wildman–Crippen MR) is 82.4 cm³/mol. The standard InChI is InChI=1S/C12H14N4OS3/c1-2-3-7-18-11-15-16-12(20-11)19-10-8(9(13)17)5-4-6-14-10/h4-6H,2-3,7H2,1H3,(H2,13,17). The highest BCUT2D eigenvalue weighted by Gasteiger charge is 2.13. The van der Waals surface area contributed by atoms with Gasteiger partial charge in [-0.2, -0.15) is 0 Å². The van der Waals surface area contributed by atoms with Crippen LogP contribution in [-0.4, -0.2) is 26.8 Å². The highest BCUT2D eigenvalue weighted by Crippen LogP contribution is 2.34. The first kappa shape index (κ1) is 15.3. The van der Waals surface area contributed by atoms with Crippen LogP contribution >= 0.6 is 34.9 Å². The van der Waals surface area contributed by atoms with Crippen molar-refractivity contribution in [2.24, 2.45) is 5.73 Å². The normalized spacial score (nSPS) is 10.7. The van der Waals surface area contributed by atoms with Gasteiger partial charge in [0.2, 0.25) is 0 Å². The molecule has 0 spiro atoms. The summed E-state index contributed by atoms with van der Waals surface area (Å²) in [7, 11) is 0. The van der Waals surface area contributed by atoms with Gasteiger partial charge in [-0.1, -0.05) is 36.4 Å². The van der Waals surface area contributed by atoms with E-state index in [0.717, 1.165) is 14.4 Å². The lowest BCUT2D eigenvalue weighted by molar-refractivity contribution is 0.0997. The van der Waals surface area contributed by atoms with Crippen molar-refractivity contribution in [2.75, 3.05) is 5.75 Å². The summed E-state index contributed by atoms with van der Waals surface area (Å²) in [6.07, 6.45) is 3.97. The van der Waals surface area contributed by atoms with Crippen LogP contribution in [-0.2, 0) is 0 Å². The van der Waals surface area contributed by atoms with Crippen LogP contribution in [0.1, 0.15) is 30.1 Å². The third kappa shape index (κ3) is 4.19. The summed E-state index contributed by atoms with van der Waals surface area (Å²) >= 11 is 4.54. The molecule has 0 aromatic carbocycles. The average molecular weight is 326 g/mol. The Balaban J connectivity index is 2.05. The van der Waals surface area contributed by atoms with Crippen molar-refractivity contribution in [3.63, 3.8) is 0 Å². The van der Waals surface area contributed by atoms with Crippen LogP contribution in [0, 0.1) is 0 Å². The molecule has 20 heavy (non-hydrogen) atoms. The molecule has 2 rings (SSSR count). The molecule has 0 radical (unpaired) electrons. The minimum absolute atomic E-state index is 0.410. The Bertz CT molecular complexity index is 588. The molecule has 2 N–H and O–H groups in total. The highest BCUT2D eigenvalue weighted by atomic mass is 32.2. The number of aromatic nitrogens is 3. The van der Waals surface area contributed by atoms with Crippen LogP contribution in [0.15, 0.2) is 32.0 Å². The third-order valence-electron chi connectivity index (χ3n) is 2.33. The van der Waals surface area contributed by atoms with Crippen molar-refractivity contribution in [3.8, 4) is 0 Å². The first-order valence-corrected chi connectivity index (χ1v) is 8.71. The minimum atomic E-state index is -0.484. The molecule has 0 atom stereocenters. The van der Waals surface area contributed by atoms with Crippen LogP contribution < -0.4 is 5.73 Å². The monoisotopic (exact) mass is 326 g/mol. The van der Waals surface area contributed by atoms with E-state index in [4.69, 9.17) is 5.73 Å². The molecule has 5 nitrogen and oxygen atoms in total. The molecule has 0 saturated heterocycles. The Morgan fingerprint density at radius 2 is 2.20 bits per heavy atom. The van der Waals surface area contributed by atoms with E-state index < -0.39 is 5.91 Å². The second-order valence-electron chi connectivity index (χ2n) is 3.86. The Morgan fingerprint density at radius 1 is 1.40 bits per heavy atom. The molecule has 2 heterocycles. The topological polar surface area (TPSA) is 81.8 Å². The van der Waals surface area contributed by atoms with Gasteiger partial charge in [-0.25, -0.2) is 4.98 Å². The molecule has 0 saturated carbocycles. The minimum Gasteiger partial charge on any atom is -0.366 e. The molecule has 106 valence electrons. The highest BCUT2D eigenvalue weighted by molar-refractivity contribution is 8.03. The largest absolute Gasteiger partial charge is 0.366 e. The van der Waals surface area contributed by atoms with Gasteiger partial charge in [0.15, 0.2) is 8.68 Å². The molecule has 0 aliphatic rings. The van der Waals surface area contributed by atoms with Crippen LogP contribution in [0.2, 0.25) is 0 Å². The van der Waals surface area contributed by atoms with Crippen LogP contribution in [0.5, 0.6) is 0 Å². The van der Waals surface area contributed by atoms with Crippen molar-refractivity contribution in [1.82, 2.24) is 15.2 Å². The molecule has 2 aromatic rings. The second kappa shape index (κ2) is 7.61. The molecule has 0 aliphatic heterocycles. The van der Waals surface area contributed by atoms with E-state index >= 15 is 0 Å². The van der Waals surface area contributed by atoms with Gasteiger partial charge >= 0.3 is 0 Å². The average Bonchev–Trinajstić information content (AvgIpc) is 2.87. The van der Waals surface area contributed by atoms with E-state index in [1.54, 1.807) is 30.1 Å². The number of rotatable bonds is 7. The summed E-state index contributed by atoms with van der Waals surface area (Å²) in [4.78, 5) is 15.5. The number of carbonyl (C=O) groups is 1. The van der Waals surface area contributed by atoms with Gasteiger partial charge in [0.1, 0.15) is 5.03 Å². The number of amides is 1. The Morgan fingerprint density at radius 3 is 2.95 bits per heavy atom. The summed E-state index contributed by atoms with van der Waals surface area (Å²) in [5, 5.41) is 8.81. The number of nitrogens with zero attached hydrogens (tertiary/aromatic N) is 3. The zero-order valence-electron chi connectivity index (χ0n) is 10.9. The fraction of sp³-hybridized carbons (Fsp3) is 0.333. The van der Waals surface area contributed by atoms with Gasteiger partial charge < -0.3 is 5.73 Å². The SMILES string of the molecule is CCCCSc1nnc(Sc2ncccc2C(N)=O)s1. The Hall–Kier alpha value is -1.12. The summed E-state index contributed by atoms with van der Waals surface area (Å²) in [5.74, 6) is 0.564. The van der Waals surface area contributed by atoms with Crippen LogP contribution in [0.4, 0.5) is 0 Å². The number of thioether (sulfide) groups is 1. The van der Waals surface area contributed by atoms with E-state index in [1.807, 2.05) is 0 Å². The number of unbranched alkanes of at least 4 members (excludes halogenated alkanes) is 1. The van der Waals surface area contributed by atoms with Gasteiger partial charge in [0.05, 0.1) is 5.56 Å². The lowest BCUT2D eigenvalue weighted by Crippen LogP contribution is -2.12. The number of nitrogens with two attached hydrogens (primary N) is 1.